The van der Waals surface area contributed by atoms with E-state index in [0.717, 1.165) is 45.9 Å². The Hall–Kier alpha value is -3.80. The smallest absolute Gasteiger partial charge is 0.143 e. The molecule has 0 heterocycles. The molecule has 294 valence electrons. The molecule has 0 aliphatic heterocycles. The zero-order chi connectivity index (χ0) is 39.0. The Morgan fingerprint density at radius 1 is 0.537 bits per heavy atom. The minimum Gasteiger partial charge on any atom is -0.497 e. The number of methoxy groups -OCH3 is 1. The van der Waals surface area contributed by atoms with E-state index >= 15 is 0 Å². The fourth-order valence-electron chi connectivity index (χ4n) is 7.12. The normalized spacial score (nSPS) is 12.8. The van der Waals surface area contributed by atoms with Crippen LogP contribution >= 0.6 is 0 Å². The second-order valence-electron chi connectivity index (χ2n) is 16.8. The van der Waals surface area contributed by atoms with Crippen molar-refractivity contribution < 1.29 is 24.1 Å². The van der Waals surface area contributed by atoms with E-state index in [1.165, 1.54) is 63.4 Å². The van der Waals surface area contributed by atoms with Gasteiger partial charge in [0.2, 0.25) is 0 Å². The topological polar surface area (TPSA) is 57.2 Å². The first-order valence-corrected chi connectivity index (χ1v) is 20.4. The van der Waals surface area contributed by atoms with Crippen molar-refractivity contribution in [1.29, 1.82) is 0 Å². The Morgan fingerprint density at radius 2 is 1.00 bits per heavy atom. The number of aliphatic hydroxyl groups excluding tert-OH is 1. The molecular weight excluding hydrogens is 669 g/mol. The maximum Gasteiger partial charge on any atom is 0.143 e. The number of hydrogen-bond donors (Lipinski definition) is 1. The van der Waals surface area contributed by atoms with Crippen LogP contribution in [0.4, 0.5) is 0 Å². The van der Waals surface area contributed by atoms with E-state index in [1.807, 2.05) is 60.7 Å². The summed E-state index contributed by atoms with van der Waals surface area (Å²) in [5, 5.41) is 11.6. The molecule has 0 amide bonds. The van der Waals surface area contributed by atoms with Gasteiger partial charge in [0.05, 0.1) is 20.3 Å². The summed E-state index contributed by atoms with van der Waals surface area (Å²) in [4.78, 5) is 0. The number of ether oxygens (including phenoxy) is 4. The lowest BCUT2D eigenvalue weighted by molar-refractivity contribution is -0.0495. The Bertz CT molecular complexity index is 1590. The maximum atomic E-state index is 11.6. The molecule has 0 aromatic heterocycles. The average molecular weight is 737 g/mol. The van der Waals surface area contributed by atoms with Crippen molar-refractivity contribution in [3.8, 4) is 17.2 Å². The Balaban J connectivity index is 1.51. The predicted molar refractivity (Wildman–Crippen MR) is 224 cm³/mol. The van der Waals surface area contributed by atoms with Crippen LogP contribution in [0.2, 0.25) is 0 Å². The Morgan fingerprint density at radius 3 is 1.48 bits per heavy atom. The van der Waals surface area contributed by atoms with Crippen molar-refractivity contribution in [2.45, 2.75) is 135 Å². The van der Waals surface area contributed by atoms with Crippen molar-refractivity contribution in [3.05, 3.63) is 125 Å². The monoisotopic (exact) mass is 737 g/mol. The van der Waals surface area contributed by atoms with Gasteiger partial charge in [0.25, 0.3) is 0 Å². The average Bonchev–Trinajstić information content (AvgIpc) is 3.16. The molecule has 1 unspecified atom stereocenters. The van der Waals surface area contributed by atoms with Crippen molar-refractivity contribution in [3.63, 3.8) is 0 Å². The minimum absolute atomic E-state index is 0.0445. The van der Waals surface area contributed by atoms with E-state index in [9.17, 15) is 5.11 Å². The molecular formula is C49H68O5. The molecule has 54 heavy (non-hydrogen) atoms. The van der Waals surface area contributed by atoms with Crippen LogP contribution in [-0.2, 0) is 21.2 Å². The third kappa shape index (κ3) is 12.1. The first kappa shape index (κ1) is 42.9. The maximum absolute atomic E-state index is 11.6. The summed E-state index contributed by atoms with van der Waals surface area (Å²) in [6, 6.07) is 32.6. The summed E-state index contributed by atoms with van der Waals surface area (Å²) < 4.78 is 25.5. The van der Waals surface area contributed by atoms with Crippen LogP contribution in [0.1, 0.15) is 140 Å². The highest BCUT2D eigenvalue weighted by molar-refractivity contribution is 5.52. The summed E-state index contributed by atoms with van der Waals surface area (Å²) in [6.07, 6.45) is 12.0. The molecule has 0 aliphatic carbocycles. The van der Waals surface area contributed by atoms with Crippen LogP contribution < -0.4 is 14.2 Å². The van der Waals surface area contributed by atoms with Gasteiger partial charge in [-0.3, -0.25) is 0 Å². The lowest BCUT2D eigenvalue weighted by Gasteiger charge is -2.36. The second-order valence-corrected chi connectivity index (χ2v) is 16.8. The minimum atomic E-state index is -0.976. The fourth-order valence-corrected chi connectivity index (χ4v) is 7.12. The number of rotatable bonds is 22. The van der Waals surface area contributed by atoms with Gasteiger partial charge in [-0.15, -0.1) is 0 Å². The SMILES string of the molecule is CCCCCCCCCCCCOc1cc(OCC(O)COC(c2ccccc2)(c2ccccc2)c2ccc(OC)cc2)c(C(C)(C)C)cc1C(C)(C)C. The predicted octanol–water partition coefficient (Wildman–Crippen LogP) is 12.3. The first-order chi connectivity index (χ1) is 25.9. The molecule has 5 nitrogen and oxygen atoms in total. The molecule has 4 rings (SSSR count). The third-order valence-electron chi connectivity index (χ3n) is 10.2. The molecule has 4 aromatic carbocycles. The molecule has 0 fully saturated rings. The molecule has 0 saturated heterocycles. The molecule has 0 bridgehead atoms. The van der Waals surface area contributed by atoms with E-state index in [1.54, 1.807) is 7.11 Å². The van der Waals surface area contributed by atoms with Crippen LogP contribution in [0, 0.1) is 0 Å². The highest BCUT2D eigenvalue weighted by atomic mass is 16.5. The van der Waals surface area contributed by atoms with Crippen molar-refractivity contribution in [2.75, 3.05) is 26.9 Å². The Labute approximate surface area is 327 Å². The van der Waals surface area contributed by atoms with Gasteiger partial charge in [-0.1, -0.05) is 179 Å². The lowest BCUT2D eigenvalue weighted by Crippen LogP contribution is -2.37. The van der Waals surface area contributed by atoms with Crippen LogP contribution in [0.3, 0.4) is 0 Å². The van der Waals surface area contributed by atoms with E-state index < -0.39 is 11.7 Å². The molecule has 4 aromatic rings. The van der Waals surface area contributed by atoms with Gasteiger partial charge >= 0.3 is 0 Å². The number of aliphatic hydroxyl groups is 1. The van der Waals surface area contributed by atoms with Gasteiger partial charge in [0, 0.05) is 17.2 Å². The fraction of sp³-hybridized carbons (Fsp3) is 0.510. The van der Waals surface area contributed by atoms with E-state index in [-0.39, 0.29) is 24.0 Å². The zero-order valence-corrected chi connectivity index (χ0v) is 34.6. The van der Waals surface area contributed by atoms with Gasteiger partial charge in [-0.2, -0.15) is 0 Å². The highest BCUT2D eigenvalue weighted by Gasteiger charge is 2.38. The van der Waals surface area contributed by atoms with E-state index in [0.29, 0.717) is 6.61 Å². The Kier molecular flexibility index (Phi) is 16.5. The summed E-state index contributed by atoms with van der Waals surface area (Å²) in [7, 11) is 1.67. The van der Waals surface area contributed by atoms with Gasteiger partial charge in [-0.25, -0.2) is 0 Å². The molecule has 0 radical (unpaired) electrons. The molecule has 0 spiro atoms. The number of unbranched alkanes of at least 4 members (excludes halogenated alkanes) is 9. The largest absolute Gasteiger partial charge is 0.497 e. The van der Waals surface area contributed by atoms with Crippen molar-refractivity contribution in [2.24, 2.45) is 0 Å². The second kappa shape index (κ2) is 20.8. The highest BCUT2D eigenvalue weighted by Crippen LogP contribution is 2.43. The first-order valence-electron chi connectivity index (χ1n) is 20.4. The van der Waals surface area contributed by atoms with Crippen LogP contribution in [0.25, 0.3) is 0 Å². The standard InChI is InChI=1S/C49H68O5/c1-9-10-11-12-13-14-15-16-17-24-33-52-45-35-46(44(48(5,6)7)34-43(45)47(2,3)4)53-36-41(50)37-54-49(38-25-20-18-21-26-38,39-27-22-19-23-28-39)40-29-31-42(51-8)32-30-40/h18-23,25-32,34-35,41,50H,9-17,24,33,36-37H2,1-8H3. The van der Waals surface area contributed by atoms with E-state index in [4.69, 9.17) is 18.9 Å². The van der Waals surface area contributed by atoms with Gasteiger partial charge in [0.15, 0.2) is 0 Å². The lowest BCUT2D eigenvalue weighted by atomic mass is 9.79. The number of benzene rings is 4. The van der Waals surface area contributed by atoms with E-state index in [2.05, 4.69) is 84.9 Å². The summed E-state index contributed by atoms with van der Waals surface area (Å²) in [6.45, 7) is 16.4. The third-order valence-corrected chi connectivity index (χ3v) is 10.2. The van der Waals surface area contributed by atoms with Gasteiger partial charge in [0.1, 0.15) is 35.6 Å². The van der Waals surface area contributed by atoms with Crippen LogP contribution in [-0.4, -0.2) is 38.1 Å². The molecule has 1 N–H and O–H groups in total. The van der Waals surface area contributed by atoms with Crippen LogP contribution in [0.5, 0.6) is 17.2 Å². The van der Waals surface area contributed by atoms with Gasteiger partial charge < -0.3 is 24.1 Å². The summed E-state index contributed by atoms with van der Waals surface area (Å²) in [5.74, 6) is 2.36. The summed E-state index contributed by atoms with van der Waals surface area (Å²) in [5.41, 5.74) is 3.85. The molecule has 0 saturated carbocycles. The number of hydrogen-bond acceptors (Lipinski definition) is 5. The summed E-state index contributed by atoms with van der Waals surface area (Å²) >= 11 is 0. The van der Waals surface area contributed by atoms with Crippen molar-refractivity contribution >= 4 is 0 Å². The molecule has 0 aliphatic rings. The van der Waals surface area contributed by atoms with Crippen LogP contribution in [0.15, 0.2) is 97.1 Å². The van der Waals surface area contributed by atoms with Crippen molar-refractivity contribution in [1.82, 2.24) is 0 Å². The molecule has 1 atom stereocenters. The molecule has 5 heteroatoms. The quantitative estimate of drug-likeness (QED) is 0.0643. The van der Waals surface area contributed by atoms with Gasteiger partial charge in [-0.05, 0) is 52.1 Å². The zero-order valence-electron chi connectivity index (χ0n) is 34.6.